The zero-order valence-electron chi connectivity index (χ0n) is 14.5. The fourth-order valence-electron chi connectivity index (χ4n) is 3.10. The van der Waals surface area contributed by atoms with Crippen molar-refractivity contribution in [2.75, 3.05) is 29.0 Å². The van der Waals surface area contributed by atoms with E-state index in [-0.39, 0.29) is 23.3 Å². The van der Waals surface area contributed by atoms with Crippen LogP contribution in [0, 0.1) is 16.0 Å². The van der Waals surface area contributed by atoms with Crippen LogP contribution >= 0.6 is 11.6 Å². The van der Waals surface area contributed by atoms with Gasteiger partial charge in [0.15, 0.2) is 0 Å². The molecule has 0 bridgehead atoms. The molecule has 0 saturated carbocycles. The zero-order valence-corrected chi connectivity index (χ0v) is 15.2. The largest absolute Gasteiger partial charge is 0.378 e. The molecule has 2 heterocycles. The lowest BCUT2D eigenvalue weighted by atomic mass is 10.0. The third-order valence-corrected chi connectivity index (χ3v) is 4.65. The first-order chi connectivity index (χ1) is 12.4. The number of hydrogen-bond acceptors (Lipinski definition) is 7. The topological polar surface area (TPSA) is 110 Å². The molecule has 0 radical (unpaired) electrons. The van der Waals surface area contributed by atoms with Gasteiger partial charge < -0.3 is 16.0 Å². The van der Waals surface area contributed by atoms with Crippen molar-refractivity contribution in [3.05, 3.63) is 45.0 Å². The number of nitrogens with two attached hydrogens (primary N) is 1. The maximum absolute atomic E-state index is 11.5. The van der Waals surface area contributed by atoms with E-state index in [2.05, 4.69) is 22.2 Å². The normalized spacial score (nSPS) is 17.2. The summed E-state index contributed by atoms with van der Waals surface area (Å²) < 4.78 is 0. The number of aromatic nitrogens is 2. The number of hydrogen-bond donors (Lipinski definition) is 2. The molecule has 9 heteroatoms. The van der Waals surface area contributed by atoms with E-state index in [1.165, 1.54) is 0 Å². The van der Waals surface area contributed by atoms with Crippen molar-refractivity contribution in [1.82, 2.24) is 9.97 Å². The SMILES string of the molecule is CC1CCCN(c2nc(NCc3ccc(Cl)cc3)nc(N)c2[N+](=O)[O-])C1. The van der Waals surface area contributed by atoms with Crippen molar-refractivity contribution in [3.63, 3.8) is 0 Å². The molecule has 0 aliphatic carbocycles. The predicted molar refractivity (Wildman–Crippen MR) is 102 cm³/mol. The van der Waals surface area contributed by atoms with Gasteiger partial charge in [0.1, 0.15) is 0 Å². The summed E-state index contributed by atoms with van der Waals surface area (Å²) >= 11 is 5.88. The van der Waals surface area contributed by atoms with Gasteiger partial charge in [0.05, 0.1) is 4.92 Å². The zero-order chi connectivity index (χ0) is 18.7. The third kappa shape index (κ3) is 4.13. The highest BCUT2D eigenvalue weighted by molar-refractivity contribution is 6.30. The lowest BCUT2D eigenvalue weighted by molar-refractivity contribution is -0.383. The molecule has 0 spiro atoms. The molecule has 1 aromatic heterocycles. The van der Waals surface area contributed by atoms with E-state index in [0.29, 0.717) is 24.0 Å². The lowest BCUT2D eigenvalue weighted by Crippen LogP contribution is -2.35. The molecule has 1 fully saturated rings. The number of halogens is 1. The Kier molecular flexibility index (Phi) is 5.41. The number of piperidine rings is 1. The van der Waals surface area contributed by atoms with E-state index in [1.807, 2.05) is 17.0 Å². The second-order valence-corrected chi connectivity index (χ2v) is 6.97. The number of nitrogen functional groups attached to an aromatic ring is 1. The van der Waals surface area contributed by atoms with Gasteiger partial charge in [-0.3, -0.25) is 10.1 Å². The van der Waals surface area contributed by atoms with Gasteiger partial charge in [-0.25, -0.2) is 0 Å². The van der Waals surface area contributed by atoms with Gasteiger partial charge >= 0.3 is 5.69 Å². The van der Waals surface area contributed by atoms with Crippen LogP contribution in [0.1, 0.15) is 25.3 Å². The van der Waals surface area contributed by atoms with Gasteiger partial charge in [0.25, 0.3) is 0 Å². The van der Waals surface area contributed by atoms with Gasteiger partial charge in [-0.05, 0) is 36.5 Å². The van der Waals surface area contributed by atoms with Crippen molar-refractivity contribution in [2.24, 2.45) is 5.92 Å². The smallest absolute Gasteiger partial charge is 0.353 e. The molecule has 3 rings (SSSR count). The molecule has 0 amide bonds. The number of nitrogens with zero attached hydrogens (tertiary/aromatic N) is 4. The Morgan fingerprint density at radius 2 is 2.12 bits per heavy atom. The lowest BCUT2D eigenvalue weighted by Gasteiger charge is -2.31. The number of anilines is 3. The Bertz CT molecular complexity index is 799. The Balaban J connectivity index is 1.86. The van der Waals surface area contributed by atoms with Crippen molar-refractivity contribution in [3.8, 4) is 0 Å². The summed E-state index contributed by atoms with van der Waals surface area (Å²) in [5.74, 6) is 0.880. The van der Waals surface area contributed by atoms with Crippen LogP contribution < -0.4 is 16.0 Å². The molecule has 1 saturated heterocycles. The molecule has 26 heavy (non-hydrogen) atoms. The Morgan fingerprint density at radius 1 is 1.38 bits per heavy atom. The maximum atomic E-state index is 11.5. The number of benzene rings is 1. The van der Waals surface area contributed by atoms with Gasteiger partial charge in [-0.15, -0.1) is 0 Å². The minimum Gasteiger partial charge on any atom is -0.378 e. The number of nitrogens with one attached hydrogen (secondary N) is 1. The molecule has 138 valence electrons. The first kappa shape index (κ1) is 18.2. The highest BCUT2D eigenvalue weighted by Gasteiger charge is 2.29. The summed E-state index contributed by atoms with van der Waals surface area (Å²) in [4.78, 5) is 21.4. The van der Waals surface area contributed by atoms with Gasteiger partial charge in [-0.1, -0.05) is 30.7 Å². The standard InChI is InChI=1S/C17H21ClN6O2/c1-11-3-2-8-23(10-11)16-14(24(25)26)15(19)21-17(22-16)20-9-12-4-6-13(18)7-5-12/h4-7,11H,2-3,8-10H2,1H3,(H3,19,20,21,22). The molecule has 3 N–H and O–H groups in total. The number of rotatable bonds is 5. The van der Waals surface area contributed by atoms with Crippen molar-refractivity contribution in [2.45, 2.75) is 26.3 Å². The van der Waals surface area contributed by atoms with Crippen LogP contribution in [-0.4, -0.2) is 28.0 Å². The van der Waals surface area contributed by atoms with Crippen LogP contribution in [0.5, 0.6) is 0 Å². The predicted octanol–water partition coefficient (Wildman–Crippen LogP) is 3.47. The van der Waals surface area contributed by atoms with Crippen LogP contribution in [0.15, 0.2) is 24.3 Å². The Hall–Kier alpha value is -2.61. The van der Waals surface area contributed by atoms with E-state index < -0.39 is 4.92 Å². The fourth-order valence-corrected chi connectivity index (χ4v) is 3.23. The summed E-state index contributed by atoms with van der Waals surface area (Å²) in [5, 5.41) is 15.2. The molecular formula is C17H21ClN6O2. The highest BCUT2D eigenvalue weighted by atomic mass is 35.5. The average molecular weight is 377 g/mol. The van der Waals surface area contributed by atoms with Crippen molar-refractivity contribution >= 4 is 34.9 Å². The van der Waals surface area contributed by atoms with Crippen LogP contribution in [0.4, 0.5) is 23.3 Å². The maximum Gasteiger partial charge on any atom is 0.353 e. The summed E-state index contributed by atoms with van der Waals surface area (Å²) in [6, 6.07) is 7.36. The summed E-state index contributed by atoms with van der Waals surface area (Å²) in [5.41, 5.74) is 6.64. The average Bonchev–Trinajstić information content (AvgIpc) is 2.60. The molecule has 8 nitrogen and oxygen atoms in total. The molecule has 1 aromatic carbocycles. The van der Waals surface area contributed by atoms with Gasteiger partial charge in [-0.2, -0.15) is 9.97 Å². The van der Waals surface area contributed by atoms with E-state index in [0.717, 1.165) is 24.9 Å². The van der Waals surface area contributed by atoms with Crippen LogP contribution in [0.2, 0.25) is 5.02 Å². The minimum atomic E-state index is -0.507. The second-order valence-electron chi connectivity index (χ2n) is 6.54. The van der Waals surface area contributed by atoms with Crippen molar-refractivity contribution in [1.29, 1.82) is 0 Å². The summed E-state index contributed by atoms with van der Waals surface area (Å²) in [6.45, 7) is 4.03. The van der Waals surface area contributed by atoms with E-state index >= 15 is 0 Å². The van der Waals surface area contributed by atoms with Gasteiger partial charge in [0.2, 0.25) is 17.6 Å². The first-order valence-corrected chi connectivity index (χ1v) is 8.87. The van der Waals surface area contributed by atoms with Gasteiger partial charge in [0, 0.05) is 24.7 Å². The first-order valence-electron chi connectivity index (χ1n) is 8.49. The second kappa shape index (κ2) is 7.74. The van der Waals surface area contributed by atoms with Crippen molar-refractivity contribution < 1.29 is 4.92 Å². The fraction of sp³-hybridized carbons (Fsp3) is 0.412. The van der Waals surface area contributed by atoms with Crippen LogP contribution in [0.25, 0.3) is 0 Å². The minimum absolute atomic E-state index is 0.128. The number of nitro groups is 1. The molecule has 1 aliphatic heterocycles. The molecule has 1 atom stereocenters. The monoisotopic (exact) mass is 376 g/mol. The van der Waals surface area contributed by atoms with Crippen LogP contribution in [-0.2, 0) is 6.54 Å². The summed E-state index contributed by atoms with van der Waals surface area (Å²) in [6.07, 6.45) is 2.07. The summed E-state index contributed by atoms with van der Waals surface area (Å²) in [7, 11) is 0. The molecule has 1 unspecified atom stereocenters. The van der Waals surface area contributed by atoms with E-state index in [4.69, 9.17) is 17.3 Å². The third-order valence-electron chi connectivity index (χ3n) is 4.40. The Labute approximate surface area is 156 Å². The quantitative estimate of drug-likeness (QED) is 0.607. The highest BCUT2D eigenvalue weighted by Crippen LogP contribution is 2.34. The Morgan fingerprint density at radius 3 is 2.77 bits per heavy atom. The molecule has 2 aromatic rings. The van der Waals surface area contributed by atoms with E-state index in [9.17, 15) is 10.1 Å². The van der Waals surface area contributed by atoms with Crippen LogP contribution in [0.3, 0.4) is 0 Å². The molecular weight excluding hydrogens is 356 g/mol. The molecule has 1 aliphatic rings. The van der Waals surface area contributed by atoms with E-state index in [1.54, 1.807) is 12.1 Å².